The van der Waals surface area contributed by atoms with Gasteiger partial charge in [0.25, 0.3) is 5.91 Å². The first-order chi connectivity index (χ1) is 13.4. The van der Waals surface area contributed by atoms with Crippen LogP contribution < -0.4 is 10.6 Å². The molecule has 2 aromatic rings. The van der Waals surface area contributed by atoms with Gasteiger partial charge in [0.2, 0.25) is 0 Å². The highest BCUT2D eigenvalue weighted by atomic mass is 35.5. The van der Waals surface area contributed by atoms with Gasteiger partial charge in [-0.05, 0) is 49.9 Å². The van der Waals surface area contributed by atoms with E-state index in [1.54, 1.807) is 6.07 Å². The third kappa shape index (κ3) is 3.25. The van der Waals surface area contributed by atoms with Gasteiger partial charge in [0.05, 0.1) is 22.3 Å². The van der Waals surface area contributed by atoms with Crippen molar-refractivity contribution in [3.8, 4) is 5.75 Å². The number of allylic oxidation sites excluding steroid dienone is 2. The first-order valence-corrected chi connectivity index (χ1v) is 10.2. The summed E-state index contributed by atoms with van der Waals surface area (Å²) in [6.45, 7) is 3.87. The number of benzene rings is 2. The number of phenolic OH excluding ortho intramolecular Hbond substituents is 1. The van der Waals surface area contributed by atoms with Crippen LogP contribution in [0.15, 0.2) is 42.5 Å². The molecular formula is C22H22Cl2N2O2. The molecule has 1 aliphatic carbocycles. The van der Waals surface area contributed by atoms with Crippen molar-refractivity contribution < 1.29 is 9.90 Å². The number of amides is 1. The second kappa shape index (κ2) is 7.34. The molecule has 0 radical (unpaired) electrons. The van der Waals surface area contributed by atoms with Crippen LogP contribution in [0.5, 0.6) is 5.75 Å². The minimum atomic E-state index is -0.211. The van der Waals surface area contributed by atoms with Gasteiger partial charge < -0.3 is 15.7 Å². The normalized spacial score (nSPS) is 22.5. The predicted octanol–water partition coefficient (Wildman–Crippen LogP) is 5.66. The molecule has 1 heterocycles. The van der Waals surface area contributed by atoms with Crippen LogP contribution in [0.25, 0.3) is 0 Å². The summed E-state index contributed by atoms with van der Waals surface area (Å²) in [5.41, 5.74) is 3.15. The maximum Gasteiger partial charge on any atom is 0.253 e. The van der Waals surface area contributed by atoms with Crippen molar-refractivity contribution in [3.05, 3.63) is 69.2 Å². The summed E-state index contributed by atoms with van der Waals surface area (Å²) in [5.74, 6) is 0.273. The number of carbonyl (C=O) groups excluding carboxylic acids is 1. The van der Waals surface area contributed by atoms with Gasteiger partial charge in [0.15, 0.2) is 0 Å². The Morgan fingerprint density at radius 3 is 2.79 bits per heavy atom. The molecule has 0 aromatic heterocycles. The van der Waals surface area contributed by atoms with E-state index in [9.17, 15) is 9.90 Å². The van der Waals surface area contributed by atoms with E-state index in [2.05, 4.69) is 28.9 Å². The van der Waals surface area contributed by atoms with Crippen molar-refractivity contribution in [3.63, 3.8) is 0 Å². The standard InChI is InChI=1S/C22H22Cl2N2O2/c1-11(2)25-22(28)16-8-4-7-14-13-5-3-6-15(13)20(26-19(14)16)17-9-12(23)10-18(24)21(17)27/h3-5,7-11,13,15,20,26-27H,6H2,1-2H3,(H,25,28). The fraction of sp³-hybridized carbons (Fsp3) is 0.318. The Balaban J connectivity index is 1.83. The first kappa shape index (κ1) is 19.2. The third-order valence-electron chi connectivity index (χ3n) is 5.45. The lowest BCUT2D eigenvalue weighted by molar-refractivity contribution is 0.0943. The Morgan fingerprint density at radius 1 is 1.25 bits per heavy atom. The first-order valence-electron chi connectivity index (χ1n) is 9.41. The zero-order valence-corrected chi connectivity index (χ0v) is 17.2. The van der Waals surface area contributed by atoms with Crippen LogP contribution in [0.2, 0.25) is 10.0 Å². The Bertz CT molecular complexity index is 971. The van der Waals surface area contributed by atoms with E-state index in [1.807, 2.05) is 26.0 Å². The van der Waals surface area contributed by atoms with Gasteiger partial charge in [0, 0.05) is 22.5 Å². The van der Waals surface area contributed by atoms with Crippen LogP contribution in [-0.2, 0) is 0 Å². The Kier molecular flexibility index (Phi) is 5.02. The van der Waals surface area contributed by atoms with Crippen molar-refractivity contribution in [2.24, 2.45) is 5.92 Å². The number of halogens is 2. The average molecular weight is 417 g/mol. The number of fused-ring (bicyclic) bond motifs is 3. The average Bonchev–Trinajstić information content (AvgIpc) is 3.13. The number of hydrogen-bond acceptors (Lipinski definition) is 3. The second-order valence-electron chi connectivity index (χ2n) is 7.70. The fourth-order valence-electron chi connectivity index (χ4n) is 4.28. The van der Waals surface area contributed by atoms with E-state index in [4.69, 9.17) is 23.2 Å². The quantitative estimate of drug-likeness (QED) is 0.565. The van der Waals surface area contributed by atoms with E-state index in [1.165, 1.54) is 6.07 Å². The molecule has 4 rings (SSSR count). The predicted molar refractivity (Wildman–Crippen MR) is 114 cm³/mol. The van der Waals surface area contributed by atoms with Gasteiger partial charge in [-0.15, -0.1) is 0 Å². The van der Waals surface area contributed by atoms with E-state index in [-0.39, 0.29) is 40.6 Å². The summed E-state index contributed by atoms with van der Waals surface area (Å²) in [4.78, 5) is 12.8. The molecule has 1 aliphatic heterocycles. The lowest BCUT2D eigenvalue weighted by atomic mass is 9.76. The molecule has 146 valence electrons. The Hall–Kier alpha value is -2.17. The van der Waals surface area contributed by atoms with Crippen LogP contribution >= 0.6 is 23.2 Å². The molecule has 4 nitrogen and oxygen atoms in total. The van der Waals surface area contributed by atoms with Gasteiger partial charge in [-0.25, -0.2) is 0 Å². The topological polar surface area (TPSA) is 61.4 Å². The molecule has 0 saturated carbocycles. The van der Waals surface area contributed by atoms with Crippen molar-refractivity contribution in [1.82, 2.24) is 5.32 Å². The SMILES string of the molecule is CC(C)NC(=O)c1cccc2c1NC(c1cc(Cl)cc(Cl)c1O)C1CC=CC21. The molecule has 6 heteroatoms. The molecule has 3 N–H and O–H groups in total. The van der Waals surface area contributed by atoms with Gasteiger partial charge in [0.1, 0.15) is 5.75 Å². The van der Waals surface area contributed by atoms with Crippen molar-refractivity contribution in [2.75, 3.05) is 5.32 Å². The van der Waals surface area contributed by atoms with E-state index in [0.29, 0.717) is 16.1 Å². The summed E-state index contributed by atoms with van der Waals surface area (Å²) in [6, 6.07) is 8.91. The smallest absolute Gasteiger partial charge is 0.253 e. The molecule has 2 aromatic carbocycles. The minimum Gasteiger partial charge on any atom is -0.506 e. The van der Waals surface area contributed by atoms with Crippen LogP contribution in [0.4, 0.5) is 5.69 Å². The fourth-order valence-corrected chi connectivity index (χ4v) is 4.79. The van der Waals surface area contributed by atoms with Gasteiger partial charge >= 0.3 is 0 Å². The number of aromatic hydroxyl groups is 1. The highest BCUT2D eigenvalue weighted by molar-refractivity contribution is 6.35. The molecular weight excluding hydrogens is 395 g/mol. The summed E-state index contributed by atoms with van der Waals surface area (Å²) >= 11 is 12.4. The largest absolute Gasteiger partial charge is 0.506 e. The van der Waals surface area contributed by atoms with Crippen LogP contribution in [0.1, 0.15) is 53.7 Å². The number of anilines is 1. The number of para-hydroxylation sites is 1. The second-order valence-corrected chi connectivity index (χ2v) is 8.54. The summed E-state index contributed by atoms with van der Waals surface area (Å²) in [7, 11) is 0. The summed E-state index contributed by atoms with van der Waals surface area (Å²) < 4.78 is 0. The van der Waals surface area contributed by atoms with Crippen molar-refractivity contribution in [2.45, 2.75) is 38.3 Å². The molecule has 0 bridgehead atoms. The van der Waals surface area contributed by atoms with Crippen LogP contribution in [0.3, 0.4) is 0 Å². The zero-order chi connectivity index (χ0) is 20.0. The zero-order valence-electron chi connectivity index (χ0n) is 15.7. The molecule has 0 fully saturated rings. The number of hydrogen-bond donors (Lipinski definition) is 3. The minimum absolute atomic E-state index is 0.0294. The summed E-state index contributed by atoms with van der Waals surface area (Å²) in [6.07, 6.45) is 5.21. The molecule has 2 aliphatic rings. The molecule has 0 saturated heterocycles. The van der Waals surface area contributed by atoms with Crippen LogP contribution in [-0.4, -0.2) is 17.1 Å². The third-order valence-corrected chi connectivity index (χ3v) is 5.96. The van der Waals surface area contributed by atoms with Gasteiger partial charge in [-0.1, -0.05) is 47.5 Å². The van der Waals surface area contributed by atoms with Crippen molar-refractivity contribution in [1.29, 1.82) is 0 Å². The lowest BCUT2D eigenvalue weighted by Gasteiger charge is -2.38. The lowest BCUT2D eigenvalue weighted by Crippen LogP contribution is -2.34. The van der Waals surface area contributed by atoms with Gasteiger partial charge in [-0.2, -0.15) is 0 Å². The number of phenols is 1. The summed E-state index contributed by atoms with van der Waals surface area (Å²) in [5, 5.41) is 17.8. The van der Waals surface area contributed by atoms with E-state index >= 15 is 0 Å². The number of carbonyl (C=O) groups is 1. The Morgan fingerprint density at radius 2 is 2.04 bits per heavy atom. The molecule has 28 heavy (non-hydrogen) atoms. The molecule has 0 spiro atoms. The Labute approximate surface area is 174 Å². The van der Waals surface area contributed by atoms with E-state index in [0.717, 1.165) is 17.7 Å². The molecule has 1 amide bonds. The number of rotatable bonds is 3. The molecule has 3 atom stereocenters. The van der Waals surface area contributed by atoms with Crippen LogP contribution in [0, 0.1) is 5.92 Å². The maximum atomic E-state index is 12.8. The number of nitrogens with one attached hydrogen (secondary N) is 2. The van der Waals surface area contributed by atoms with Gasteiger partial charge in [-0.3, -0.25) is 4.79 Å². The monoisotopic (exact) mass is 416 g/mol. The van der Waals surface area contributed by atoms with Crippen molar-refractivity contribution >= 4 is 34.8 Å². The maximum absolute atomic E-state index is 12.8. The highest BCUT2D eigenvalue weighted by Crippen LogP contribution is 2.52. The molecule has 3 unspecified atom stereocenters. The van der Waals surface area contributed by atoms with E-state index < -0.39 is 0 Å². The highest BCUT2D eigenvalue weighted by Gasteiger charge is 2.40.